The second-order valence-electron chi connectivity index (χ2n) is 5.45. The Hall–Kier alpha value is -0.590. The Morgan fingerprint density at radius 3 is 2.07 bits per heavy atom. The van der Waals surface area contributed by atoms with Gasteiger partial charge in [0.15, 0.2) is 0 Å². The molecular weight excluding hydrogens is 187 g/mol. The summed E-state index contributed by atoms with van der Waals surface area (Å²) in [6.45, 7) is 14.0. The van der Waals surface area contributed by atoms with Gasteiger partial charge in [-0.05, 0) is 49.5 Å². The number of hydrogen-bond donors (Lipinski definition) is 0. The lowest BCUT2D eigenvalue weighted by atomic mass is 9.60. The Morgan fingerprint density at radius 2 is 1.73 bits per heavy atom. The Morgan fingerprint density at radius 1 is 1.27 bits per heavy atom. The van der Waals surface area contributed by atoms with Crippen LogP contribution in [0.3, 0.4) is 0 Å². The van der Waals surface area contributed by atoms with E-state index in [-0.39, 0.29) is 5.41 Å². The number of hydrogen-bond acceptors (Lipinski definition) is 0. The van der Waals surface area contributed by atoms with E-state index in [0.717, 1.165) is 18.4 Å². The molecule has 0 aromatic carbocycles. The molecule has 0 aromatic heterocycles. The van der Waals surface area contributed by atoms with Crippen molar-refractivity contribution < 1.29 is 4.39 Å². The molecule has 0 nitrogen and oxygen atoms in total. The maximum absolute atomic E-state index is 13.8. The van der Waals surface area contributed by atoms with Gasteiger partial charge in [0.05, 0.1) is 0 Å². The van der Waals surface area contributed by atoms with Crippen LogP contribution in [0, 0.1) is 11.3 Å². The van der Waals surface area contributed by atoms with Crippen LogP contribution in [0.1, 0.15) is 46.5 Å². The van der Waals surface area contributed by atoms with E-state index in [0.29, 0.717) is 18.8 Å². The normalized spacial score (nSPS) is 36.6. The SMILES string of the molecule is C=CC(=C)C1(C(C)C)CCC(C)(F)CC1. The van der Waals surface area contributed by atoms with E-state index in [1.165, 1.54) is 0 Å². The summed E-state index contributed by atoms with van der Waals surface area (Å²) in [6, 6.07) is 0. The van der Waals surface area contributed by atoms with Crippen LogP contribution in [0.4, 0.5) is 4.39 Å². The molecule has 0 heterocycles. The van der Waals surface area contributed by atoms with E-state index in [4.69, 9.17) is 0 Å². The standard InChI is InChI=1S/C14H23F/c1-6-12(4)14(11(2)3)9-7-13(5,15)8-10-14/h6,11H,1,4,7-10H2,2-3,5H3. The smallest absolute Gasteiger partial charge is 0.108 e. The van der Waals surface area contributed by atoms with Gasteiger partial charge in [0.1, 0.15) is 5.67 Å². The first-order valence-corrected chi connectivity index (χ1v) is 5.85. The third-order valence-corrected chi connectivity index (χ3v) is 4.18. The second kappa shape index (κ2) is 4.11. The summed E-state index contributed by atoms with van der Waals surface area (Å²) in [6.07, 6.45) is 4.96. The van der Waals surface area contributed by atoms with Crippen molar-refractivity contribution in [2.24, 2.45) is 11.3 Å². The van der Waals surface area contributed by atoms with Crippen molar-refractivity contribution in [3.8, 4) is 0 Å². The van der Waals surface area contributed by atoms with Crippen molar-refractivity contribution in [3.63, 3.8) is 0 Å². The summed E-state index contributed by atoms with van der Waals surface area (Å²) < 4.78 is 13.8. The predicted molar refractivity (Wildman–Crippen MR) is 64.6 cm³/mol. The van der Waals surface area contributed by atoms with E-state index >= 15 is 0 Å². The molecule has 86 valence electrons. The van der Waals surface area contributed by atoms with Crippen LogP contribution < -0.4 is 0 Å². The first-order valence-electron chi connectivity index (χ1n) is 5.85. The van der Waals surface area contributed by atoms with Gasteiger partial charge >= 0.3 is 0 Å². The summed E-state index contributed by atoms with van der Waals surface area (Å²) in [4.78, 5) is 0. The molecule has 1 aliphatic rings. The van der Waals surface area contributed by atoms with Gasteiger partial charge in [0, 0.05) is 0 Å². The van der Waals surface area contributed by atoms with E-state index in [2.05, 4.69) is 27.0 Å². The van der Waals surface area contributed by atoms with Gasteiger partial charge in [0.2, 0.25) is 0 Å². The molecule has 0 radical (unpaired) electrons. The lowest BCUT2D eigenvalue weighted by Crippen LogP contribution is -2.38. The molecule has 15 heavy (non-hydrogen) atoms. The van der Waals surface area contributed by atoms with Gasteiger partial charge < -0.3 is 0 Å². The van der Waals surface area contributed by atoms with Crippen molar-refractivity contribution in [2.75, 3.05) is 0 Å². The van der Waals surface area contributed by atoms with Gasteiger partial charge in [-0.25, -0.2) is 4.39 Å². The molecule has 0 unspecified atom stereocenters. The number of allylic oxidation sites excluding steroid dienone is 2. The average Bonchev–Trinajstić information content (AvgIpc) is 2.17. The molecule has 0 bridgehead atoms. The van der Waals surface area contributed by atoms with Crippen LogP contribution in [-0.4, -0.2) is 5.67 Å². The van der Waals surface area contributed by atoms with Crippen LogP contribution in [-0.2, 0) is 0 Å². The highest BCUT2D eigenvalue weighted by Gasteiger charge is 2.43. The van der Waals surface area contributed by atoms with Crippen molar-refractivity contribution >= 4 is 0 Å². The van der Waals surface area contributed by atoms with Crippen molar-refractivity contribution in [1.29, 1.82) is 0 Å². The van der Waals surface area contributed by atoms with Gasteiger partial charge in [-0.15, -0.1) is 0 Å². The highest BCUT2D eigenvalue weighted by molar-refractivity contribution is 5.24. The van der Waals surface area contributed by atoms with E-state index < -0.39 is 5.67 Å². The van der Waals surface area contributed by atoms with Crippen molar-refractivity contribution in [1.82, 2.24) is 0 Å². The van der Waals surface area contributed by atoms with Gasteiger partial charge in [-0.3, -0.25) is 0 Å². The zero-order chi connectivity index (χ0) is 11.7. The number of alkyl halides is 1. The monoisotopic (exact) mass is 210 g/mol. The molecule has 1 fully saturated rings. The van der Waals surface area contributed by atoms with Crippen LogP contribution >= 0.6 is 0 Å². The third-order valence-electron chi connectivity index (χ3n) is 4.18. The zero-order valence-electron chi connectivity index (χ0n) is 10.3. The minimum atomic E-state index is -0.972. The molecule has 1 aliphatic carbocycles. The molecule has 0 amide bonds. The fourth-order valence-electron chi connectivity index (χ4n) is 2.69. The fourth-order valence-corrected chi connectivity index (χ4v) is 2.69. The Kier molecular flexibility index (Phi) is 3.42. The summed E-state index contributed by atoms with van der Waals surface area (Å²) in [7, 11) is 0. The lowest BCUT2D eigenvalue weighted by Gasteiger charge is -2.45. The Balaban J connectivity index is 2.87. The zero-order valence-corrected chi connectivity index (χ0v) is 10.3. The largest absolute Gasteiger partial charge is 0.244 e. The van der Waals surface area contributed by atoms with Gasteiger partial charge in [-0.2, -0.15) is 0 Å². The van der Waals surface area contributed by atoms with Gasteiger partial charge in [0.25, 0.3) is 0 Å². The summed E-state index contributed by atoms with van der Waals surface area (Å²) in [5, 5.41) is 0. The Bertz CT molecular complexity index is 251. The van der Waals surface area contributed by atoms with Crippen molar-refractivity contribution in [2.45, 2.75) is 52.1 Å². The Labute approximate surface area is 93.3 Å². The van der Waals surface area contributed by atoms with Crippen LogP contribution in [0.5, 0.6) is 0 Å². The third kappa shape index (κ3) is 2.32. The van der Waals surface area contributed by atoms with E-state index in [9.17, 15) is 4.39 Å². The van der Waals surface area contributed by atoms with E-state index in [1.807, 2.05) is 6.08 Å². The fraction of sp³-hybridized carbons (Fsp3) is 0.714. The quantitative estimate of drug-likeness (QED) is 0.594. The maximum atomic E-state index is 13.8. The topological polar surface area (TPSA) is 0 Å². The minimum absolute atomic E-state index is 0.0906. The molecule has 1 heteroatoms. The number of rotatable bonds is 3. The first-order chi connectivity index (χ1) is 6.84. The average molecular weight is 210 g/mol. The molecule has 1 rings (SSSR count). The van der Waals surface area contributed by atoms with Gasteiger partial charge in [-0.1, -0.05) is 33.1 Å². The summed E-state index contributed by atoms with van der Waals surface area (Å²) in [5.41, 5.74) is 0.209. The first kappa shape index (κ1) is 12.5. The highest BCUT2D eigenvalue weighted by atomic mass is 19.1. The molecule has 0 aromatic rings. The molecule has 0 atom stereocenters. The molecule has 0 aliphatic heterocycles. The molecule has 1 saturated carbocycles. The molecule has 0 N–H and O–H groups in total. The van der Waals surface area contributed by atoms with Crippen molar-refractivity contribution in [3.05, 3.63) is 24.8 Å². The van der Waals surface area contributed by atoms with Crippen LogP contribution in [0.15, 0.2) is 24.8 Å². The van der Waals surface area contributed by atoms with Crippen LogP contribution in [0.2, 0.25) is 0 Å². The summed E-state index contributed by atoms with van der Waals surface area (Å²) in [5.74, 6) is 0.513. The number of halogens is 1. The highest BCUT2D eigenvalue weighted by Crippen LogP contribution is 2.51. The predicted octanol–water partition coefficient (Wildman–Crippen LogP) is 4.67. The molecule has 0 saturated heterocycles. The maximum Gasteiger partial charge on any atom is 0.108 e. The molecule has 0 spiro atoms. The lowest BCUT2D eigenvalue weighted by molar-refractivity contribution is 0.0487. The minimum Gasteiger partial charge on any atom is -0.244 e. The van der Waals surface area contributed by atoms with Crippen LogP contribution in [0.25, 0.3) is 0 Å². The second-order valence-corrected chi connectivity index (χ2v) is 5.45. The van der Waals surface area contributed by atoms with E-state index in [1.54, 1.807) is 6.92 Å². The summed E-state index contributed by atoms with van der Waals surface area (Å²) >= 11 is 0. The molecular formula is C14H23F.